The number of imide groups is 1. The largest absolute Gasteiger partial charge is 0.491 e. The molecule has 35 heavy (non-hydrogen) atoms. The van der Waals surface area contributed by atoms with Crippen LogP contribution in [0.1, 0.15) is 13.8 Å². The van der Waals surface area contributed by atoms with Crippen LogP contribution in [0.4, 0.5) is 5.69 Å². The van der Waals surface area contributed by atoms with Gasteiger partial charge < -0.3 is 33.5 Å². The van der Waals surface area contributed by atoms with E-state index in [-0.39, 0.29) is 25.0 Å². The maximum absolute atomic E-state index is 12.2. The minimum absolute atomic E-state index is 0.229. The fourth-order valence-corrected chi connectivity index (χ4v) is 2.93. The number of carboxylic acid groups (broad SMARTS) is 1. The molecule has 0 atom stereocenters. The Morgan fingerprint density at radius 2 is 1.09 bits per heavy atom. The minimum Gasteiger partial charge on any atom is -0.491 e. The molecule has 0 aromatic heterocycles. The highest BCUT2D eigenvalue weighted by atomic mass is 16.6. The maximum atomic E-state index is 12.2. The molecule has 1 aromatic carbocycles. The molecule has 1 N–H and O–H groups in total. The third kappa shape index (κ3) is 10.1. The Bertz CT molecular complexity index is 828. The van der Waals surface area contributed by atoms with Crippen molar-refractivity contribution in [3.05, 3.63) is 35.4 Å². The predicted molar refractivity (Wildman–Crippen MR) is 125 cm³/mol. The monoisotopic (exact) mass is 495 g/mol. The van der Waals surface area contributed by atoms with E-state index in [4.69, 9.17) is 33.5 Å². The molecule has 0 saturated heterocycles. The zero-order valence-corrected chi connectivity index (χ0v) is 20.2. The summed E-state index contributed by atoms with van der Waals surface area (Å²) in [7, 11) is 0. The van der Waals surface area contributed by atoms with Crippen molar-refractivity contribution < 1.29 is 47.9 Å². The second-order valence-corrected chi connectivity index (χ2v) is 7.43. The van der Waals surface area contributed by atoms with E-state index in [9.17, 15) is 14.4 Å². The van der Waals surface area contributed by atoms with Crippen LogP contribution in [0.2, 0.25) is 0 Å². The van der Waals surface area contributed by atoms with Gasteiger partial charge in [-0.2, -0.15) is 0 Å². The average molecular weight is 496 g/mol. The van der Waals surface area contributed by atoms with E-state index in [2.05, 4.69) is 0 Å². The van der Waals surface area contributed by atoms with Crippen LogP contribution in [-0.2, 0) is 38.1 Å². The second-order valence-electron chi connectivity index (χ2n) is 7.43. The lowest BCUT2D eigenvalue weighted by molar-refractivity contribution is -0.142. The first-order valence-corrected chi connectivity index (χ1v) is 11.3. The van der Waals surface area contributed by atoms with Gasteiger partial charge in [-0.1, -0.05) is 0 Å². The average Bonchev–Trinajstić information content (AvgIpc) is 3.03. The number of carbonyl (C=O) groups is 3. The first kappa shape index (κ1) is 28.4. The molecule has 0 fully saturated rings. The summed E-state index contributed by atoms with van der Waals surface area (Å²) in [6, 6.07) is 6.77. The van der Waals surface area contributed by atoms with Gasteiger partial charge in [0.15, 0.2) is 0 Å². The SMILES string of the molecule is CC1=C(C)C(=O)N(c2ccc(OCCOCCOCCOCCOCCOCC(=O)O)cc2)C1=O. The summed E-state index contributed by atoms with van der Waals surface area (Å²) in [6.07, 6.45) is 0. The van der Waals surface area contributed by atoms with Gasteiger partial charge in [0.2, 0.25) is 0 Å². The quantitative estimate of drug-likeness (QED) is 0.222. The fourth-order valence-electron chi connectivity index (χ4n) is 2.93. The van der Waals surface area contributed by atoms with Gasteiger partial charge >= 0.3 is 5.97 Å². The summed E-state index contributed by atoms with van der Waals surface area (Å²) < 4.78 is 31.9. The Hall–Kier alpha value is -2.83. The first-order valence-electron chi connectivity index (χ1n) is 11.3. The molecule has 0 radical (unpaired) electrons. The van der Waals surface area contributed by atoms with Crippen LogP contribution in [0.3, 0.4) is 0 Å². The van der Waals surface area contributed by atoms with Gasteiger partial charge in [0.05, 0.1) is 65.1 Å². The Morgan fingerprint density at radius 1 is 0.686 bits per heavy atom. The summed E-state index contributed by atoms with van der Waals surface area (Å²) in [5.74, 6) is -0.984. The lowest BCUT2D eigenvalue weighted by atomic mass is 10.2. The molecule has 0 aliphatic carbocycles. The molecule has 1 aromatic rings. The topological polar surface area (TPSA) is 130 Å². The van der Waals surface area contributed by atoms with Crippen molar-refractivity contribution in [3.63, 3.8) is 0 Å². The molecule has 0 bridgehead atoms. The number of nitrogens with zero attached hydrogens (tertiary/aromatic N) is 1. The molecule has 1 aliphatic rings. The molecule has 2 amide bonds. The van der Waals surface area contributed by atoms with E-state index in [0.29, 0.717) is 82.0 Å². The summed E-state index contributed by atoms with van der Waals surface area (Å²) in [5.41, 5.74) is 1.44. The van der Waals surface area contributed by atoms with Crippen molar-refractivity contribution in [1.82, 2.24) is 0 Å². The van der Waals surface area contributed by atoms with Gasteiger partial charge in [-0.05, 0) is 38.1 Å². The van der Waals surface area contributed by atoms with E-state index >= 15 is 0 Å². The summed E-state index contributed by atoms with van der Waals surface area (Å²) in [5, 5.41) is 8.40. The summed E-state index contributed by atoms with van der Waals surface area (Å²) >= 11 is 0. The Balaban J connectivity index is 1.41. The van der Waals surface area contributed by atoms with Crippen molar-refractivity contribution in [3.8, 4) is 5.75 Å². The Morgan fingerprint density at radius 3 is 1.51 bits per heavy atom. The highest BCUT2D eigenvalue weighted by Gasteiger charge is 2.34. The number of benzene rings is 1. The Kier molecular flexibility index (Phi) is 12.9. The van der Waals surface area contributed by atoms with Crippen LogP contribution in [0.25, 0.3) is 0 Å². The molecule has 1 heterocycles. The van der Waals surface area contributed by atoms with E-state index in [1.54, 1.807) is 38.1 Å². The number of hydrogen-bond acceptors (Lipinski definition) is 9. The molecule has 11 heteroatoms. The van der Waals surface area contributed by atoms with Gasteiger partial charge in [-0.15, -0.1) is 0 Å². The molecule has 2 rings (SSSR count). The lowest BCUT2D eigenvalue weighted by Crippen LogP contribution is -2.31. The number of carboxylic acids is 1. The highest BCUT2D eigenvalue weighted by Crippen LogP contribution is 2.27. The van der Waals surface area contributed by atoms with Gasteiger partial charge in [-0.25, -0.2) is 9.69 Å². The lowest BCUT2D eigenvalue weighted by Gasteiger charge is -2.15. The van der Waals surface area contributed by atoms with Crippen molar-refractivity contribution >= 4 is 23.5 Å². The summed E-state index contributed by atoms with van der Waals surface area (Å²) in [6.45, 7) is 6.79. The van der Waals surface area contributed by atoms with E-state index in [1.807, 2.05) is 0 Å². The molecule has 11 nitrogen and oxygen atoms in total. The van der Waals surface area contributed by atoms with Crippen molar-refractivity contribution in [2.75, 3.05) is 77.6 Å². The molecule has 1 aliphatic heterocycles. The van der Waals surface area contributed by atoms with Crippen molar-refractivity contribution in [1.29, 1.82) is 0 Å². The summed E-state index contributed by atoms with van der Waals surface area (Å²) in [4.78, 5) is 35.9. The number of rotatable bonds is 19. The molecule has 0 spiro atoms. The molecule has 0 unspecified atom stereocenters. The fraction of sp³-hybridized carbons (Fsp3) is 0.542. The number of carbonyl (C=O) groups excluding carboxylic acids is 2. The normalized spacial score (nSPS) is 13.7. The number of hydrogen-bond donors (Lipinski definition) is 1. The molecule has 194 valence electrons. The maximum Gasteiger partial charge on any atom is 0.329 e. The van der Waals surface area contributed by atoms with Crippen LogP contribution >= 0.6 is 0 Å². The smallest absolute Gasteiger partial charge is 0.329 e. The van der Waals surface area contributed by atoms with Crippen molar-refractivity contribution in [2.45, 2.75) is 13.8 Å². The predicted octanol–water partition coefficient (Wildman–Crippen LogP) is 1.44. The Labute approximate surface area is 204 Å². The minimum atomic E-state index is -1.00. The molecule has 0 saturated carbocycles. The van der Waals surface area contributed by atoms with Gasteiger partial charge in [0, 0.05) is 11.1 Å². The number of anilines is 1. The van der Waals surface area contributed by atoms with E-state index in [0.717, 1.165) is 0 Å². The zero-order chi connectivity index (χ0) is 25.5. The van der Waals surface area contributed by atoms with Gasteiger partial charge in [0.1, 0.15) is 19.0 Å². The highest BCUT2D eigenvalue weighted by molar-refractivity contribution is 6.32. The zero-order valence-electron chi connectivity index (χ0n) is 20.2. The van der Waals surface area contributed by atoms with E-state index in [1.165, 1.54) is 4.90 Å². The van der Waals surface area contributed by atoms with Gasteiger partial charge in [0.25, 0.3) is 11.8 Å². The third-order valence-corrected chi connectivity index (χ3v) is 4.92. The van der Waals surface area contributed by atoms with Crippen LogP contribution in [0, 0.1) is 0 Å². The first-order chi connectivity index (χ1) is 16.9. The molecular formula is C24H33NO10. The number of ether oxygens (including phenoxy) is 6. The van der Waals surface area contributed by atoms with Crippen LogP contribution in [-0.4, -0.2) is 95.6 Å². The molecular weight excluding hydrogens is 462 g/mol. The van der Waals surface area contributed by atoms with Crippen LogP contribution < -0.4 is 9.64 Å². The third-order valence-electron chi connectivity index (χ3n) is 4.92. The van der Waals surface area contributed by atoms with Crippen LogP contribution in [0.15, 0.2) is 35.4 Å². The van der Waals surface area contributed by atoms with E-state index < -0.39 is 5.97 Å². The number of aliphatic carboxylic acids is 1. The second kappa shape index (κ2) is 16.0. The number of amides is 2. The van der Waals surface area contributed by atoms with Gasteiger partial charge in [-0.3, -0.25) is 9.59 Å². The standard InChI is InChI=1S/C24H33NO10/c1-18-19(2)24(29)25(23(18)28)20-3-5-21(6-4-20)35-16-15-33-12-11-31-8-7-30-9-10-32-13-14-34-17-22(26)27/h3-6H,7-17H2,1-2H3,(H,26,27). The van der Waals surface area contributed by atoms with Crippen molar-refractivity contribution in [2.24, 2.45) is 0 Å². The van der Waals surface area contributed by atoms with Crippen LogP contribution in [0.5, 0.6) is 5.75 Å².